The highest BCUT2D eigenvalue weighted by molar-refractivity contribution is 9.10. The van der Waals surface area contributed by atoms with Crippen LogP contribution < -0.4 is 9.80 Å². The molecule has 0 bridgehead atoms. The third-order valence-electron chi connectivity index (χ3n) is 3.76. The van der Waals surface area contributed by atoms with Crippen molar-refractivity contribution in [2.45, 2.75) is 13.0 Å². The van der Waals surface area contributed by atoms with Crippen LogP contribution >= 0.6 is 15.9 Å². The van der Waals surface area contributed by atoms with E-state index in [1.807, 2.05) is 37.4 Å². The van der Waals surface area contributed by atoms with Crippen molar-refractivity contribution in [3.63, 3.8) is 0 Å². The Labute approximate surface area is 155 Å². The summed E-state index contributed by atoms with van der Waals surface area (Å²) in [4.78, 5) is 15.0. The number of rotatable bonds is 7. The molecule has 0 spiro atoms. The van der Waals surface area contributed by atoms with Gasteiger partial charge in [-0.05, 0) is 24.3 Å². The number of anilines is 1. The molecule has 25 heavy (non-hydrogen) atoms. The monoisotopic (exact) mass is 404 g/mol. The Kier molecular flexibility index (Phi) is 7.11. The predicted molar refractivity (Wildman–Crippen MR) is 98.6 cm³/mol. The molecule has 2 aromatic rings. The van der Waals surface area contributed by atoms with Gasteiger partial charge in [0.25, 0.3) is 5.91 Å². The van der Waals surface area contributed by atoms with Crippen LogP contribution in [0.5, 0.6) is 0 Å². The van der Waals surface area contributed by atoms with Crippen molar-refractivity contribution in [2.24, 2.45) is 0 Å². The molecule has 0 saturated heterocycles. The van der Waals surface area contributed by atoms with Gasteiger partial charge in [-0.2, -0.15) is 5.26 Å². The van der Waals surface area contributed by atoms with Gasteiger partial charge in [-0.25, -0.2) is 4.39 Å². The molecule has 6 heteroatoms. The molecule has 0 aliphatic heterocycles. The number of carbonyl (C=O) groups is 1. The molecule has 1 N–H and O–H groups in total. The molecule has 130 valence electrons. The smallest absolute Gasteiger partial charge is 0.282 e. The van der Waals surface area contributed by atoms with E-state index in [-0.39, 0.29) is 31.1 Å². The molecule has 1 amide bonds. The van der Waals surface area contributed by atoms with E-state index >= 15 is 0 Å². The number of nitriles is 1. The summed E-state index contributed by atoms with van der Waals surface area (Å²) >= 11 is 3.40. The van der Waals surface area contributed by atoms with E-state index in [2.05, 4.69) is 15.9 Å². The molecule has 0 aromatic heterocycles. The Morgan fingerprint density at radius 3 is 2.56 bits per heavy atom. The summed E-state index contributed by atoms with van der Waals surface area (Å²) in [5, 5.41) is 8.82. The Hall–Kier alpha value is -2.23. The SMILES string of the molecule is C[NH+](CC(=O)N(CCC#N)c1ccccc1F)Cc1ccc(Br)cc1. The van der Waals surface area contributed by atoms with Crippen LogP contribution in [-0.4, -0.2) is 26.0 Å². The maximum atomic E-state index is 14.1. The van der Waals surface area contributed by atoms with Crippen LogP contribution in [0.2, 0.25) is 0 Å². The van der Waals surface area contributed by atoms with Crippen molar-refractivity contribution >= 4 is 27.5 Å². The fourth-order valence-corrected chi connectivity index (χ4v) is 2.84. The van der Waals surface area contributed by atoms with Crippen LogP contribution in [0, 0.1) is 17.1 Å². The second-order valence-electron chi connectivity index (χ2n) is 5.84. The number of carbonyl (C=O) groups excluding carboxylic acids is 1. The van der Waals surface area contributed by atoms with Gasteiger partial charge in [0.05, 0.1) is 25.2 Å². The van der Waals surface area contributed by atoms with Gasteiger partial charge in [0, 0.05) is 16.6 Å². The van der Waals surface area contributed by atoms with Crippen molar-refractivity contribution in [3.8, 4) is 6.07 Å². The number of para-hydroxylation sites is 1. The molecule has 0 aliphatic carbocycles. The van der Waals surface area contributed by atoms with E-state index in [4.69, 9.17) is 5.26 Å². The minimum Gasteiger partial charge on any atom is -0.326 e. The summed E-state index contributed by atoms with van der Waals surface area (Å²) in [5.74, 6) is -0.658. The lowest BCUT2D eigenvalue weighted by molar-refractivity contribution is -0.885. The first-order chi connectivity index (χ1) is 12.0. The maximum Gasteiger partial charge on any atom is 0.282 e. The van der Waals surface area contributed by atoms with Crippen LogP contribution in [0.4, 0.5) is 10.1 Å². The average molecular weight is 405 g/mol. The predicted octanol–water partition coefficient (Wildman–Crippen LogP) is 2.55. The Bertz CT molecular complexity index is 758. The zero-order valence-electron chi connectivity index (χ0n) is 14.0. The van der Waals surface area contributed by atoms with Gasteiger partial charge in [0.2, 0.25) is 0 Å². The Balaban J connectivity index is 2.07. The molecule has 4 nitrogen and oxygen atoms in total. The van der Waals surface area contributed by atoms with Gasteiger partial charge in [0.1, 0.15) is 12.4 Å². The summed E-state index contributed by atoms with van der Waals surface area (Å²) in [6, 6.07) is 16.1. The maximum absolute atomic E-state index is 14.1. The molecule has 0 radical (unpaired) electrons. The third kappa shape index (κ3) is 5.66. The highest BCUT2D eigenvalue weighted by Gasteiger charge is 2.22. The number of amides is 1. The number of benzene rings is 2. The van der Waals surface area contributed by atoms with Gasteiger partial charge < -0.3 is 9.80 Å². The Morgan fingerprint density at radius 1 is 1.24 bits per heavy atom. The largest absolute Gasteiger partial charge is 0.326 e. The minimum absolute atomic E-state index is 0.159. The van der Waals surface area contributed by atoms with Crippen molar-refractivity contribution in [2.75, 3.05) is 25.0 Å². The molecule has 0 aliphatic rings. The van der Waals surface area contributed by atoms with Crippen LogP contribution in [0.1, 0.15) is 12.0 Å². The van der Waals surface area contributed by atoms with Crippen molar-refractivity contribution in [1.29, 1.82) is 5.26 Å². The van der Waals surface area contributed by atoms with Crippen LogP contribution in [0.25, 0.3) is 0 Å². The first-order valence-corrected chi connectivity index (χ1v) is 8.78. The summed E-state index contributed by atoms with van der Waals surface area (Å²) in [5.41, 5.74) is 1.34. The fraction of sp³-hybridized carbons (Fsp3) is 0.263. The summed E-state index contributed by atoms with van der Waals surface area (Å²) < 4.78 is 15.1. The van der Waals surface area contributed by atoms with Gasteiger partial charge in [-0.15, -0.1) is 0 Å². The molecular formula is C19H20BrFN3O+. The summed E-state index contributed by atoms with van der Waals surface area (Å²) in [7, 11) is 1.92. The lowest BCUT2D eigenvalue weighted by Crippen LogP contribution is -3.09. The number of likely N-dealkylation sites (N-methyl/N-ethyl adjacent to an activating group) is 1. The lowest BCUT2D eigenvalue weighted by Gasteiger charge is -2.24. The number of hydrogen-bond acceptors (Lipinski definition) is 2. The second kappa shape index (κ2) is 9.30. The molecule has 1 atom stereocenters. The average Bonchev–Trinajstić information content (AvgIpc) is 2.58. The van der Waals surface area contributed by atoms with E-state index < -0.39 is 5.82 Å². The molecule has 0 heterocycles. The van der Waals surface area contributed by atoms with Crippen molar-refractivity contribution < 1.29 is 14.1 Å². The molecular weight excluding hydrogens is 385 g/mol. The zero-order valence-corrected chi connectivity index (χ0v) is 15.6. The quantitative estimate of drug-likeness (QED) is 0.770. The molecule has 0 saturated carbocycles. The summed E-state index contributed by atoms with van der Waals surface area (Å²) in [6.07, 6.45) is 0.159. The summed E-state index contributed by atoms with van der Waals surface area (Å²) in [6.45, 7) is 1.08. The van der Waals surface area contributed by atoms with Gasteiger partial charge in [-0.1, -0.05) is 40.2 Å². The highest BCUT2D eigenvalue weighted by Crippen LogP contribution is 2.18. The van der Waals surface area contributed by atoms with E-state index in [1.54, 1.807) is 18.2 Å². The number of quaternary nitrogens is 1. The number of nitrogens with zero attached hydrogens (tertiary/aromatic N) is 2. The van der Waals surface area contributed by atoms with Gasteiger partial charge >= 0.3 is 0 Å². The van der Waals surface area contributed by atoms with Gasteiger partial charge in [0.15, 0.2) is 6.54 Å². The van der Waals surface area contributed by atoms with Crippen LogP contribution in [0.3, 0.4) is 0 Å². The number of nitrogens with one attached hydrogen (secondary N) is 1. The first kappa shape index (κ1) is 19.1. The van der Waals surface area contributed by atoms with Crippen molar-refractivity contribution in [1.82, 2.24) is 0 Å². The lowest BCUT2D eigenvalue weighted by atomic mass is 10.2. The minimum atomic E-state index is -0.459. The van der Waals surface area contributed by atoms with Gasteiger partial charge in [-0.3, -0.25) is 4.79 Å². The number of halogens is 2. The molecule has 2 rings (SSSR count). The van der Waals surface area contributed by atoms with Crippen LogP contribution in [0.15, 0.2) is 53.0 Å². The standard InChI is InChI=1S/C19H19BrFN3O/c1-23(13-15-7-9-16(20)10-8-15)14-19(25)24(12-4-11-22)18-6-3-2-5-17(18)21/h2-3,5-10H,4,12-14H2,1H3/p+1. The zero-order chi connectivity index (χ0) is 18.2. The van der Waals surface area contributed by atoms with Crippen LogP contribution in [-0.2, 0) is 11.3 Å². The normalized spacial score (nSPS) is 11.6. The van der Waals surface area contributed by atoms with E-state index in [0.717, 1.165) is 14.9 Å². The molecule has 1 unspecified atom stereocenters. The van der Waals surface area contributed by atoms with E-state index in [9.17, 15) is 9.18 Å². The van der Waals surface area contributed by atoms with Crippen molar-refractivity contribution in [3.05, 3.63) is 64.4 Å². The second-order valence-corrected chi connectivity index (χ2v) is 6.76. The Morgan fingerprint density at radius 2 is 1.92 bits per heavy atom. The van der Waals surface area contributed by atoms with E-state index in [0.29, 0.717) is 6.54 Å². The van der Waals surface area contributed by atoms with E-state index in [1.165, 1.54) is 11.0 Å². The third-order valence-corrected chi connectivity index (χ3v) is 4.29. The topological polar surface area (TPSA) is 48.5 Å². The molecule has 0 fully saturated rings. The fourth-order valence-electron chi connectivity index (χ4n) is 2.58. The number of hydrogen-bond donors (Lipinski definition) is 1. The molecule has 2 aromatic carbocycles. The highest BCUT2D eigenvalue weighted by atomic mass is 79.9. The first-order valence-electron chi connectivity index (χ1n) is 7.99.